The molecule has 0 bridgehead atoms. The number of hydrogen-bond donors (Lipinski definition) is 2. The van der Waals surface area contributed by atoms with Gasteiger partial charge in [-0.25, -0.2) is 14.2 Å². The second kappa shape index (κ2) is 11.8. The molecule has 10 heteroatoms. The Bertz CT molecular complexity index is 985. The van der Waals surface area contributed by atoms with Crippen molar-refractivity contribution in [2.75, 3.05) is 54.4 Å². The van der Waals surface area contributed by atoms with E-state index in [0.29, 0.717) is 30.5 Å². The van der Waals surface area contributed by atoms with Crippen molar-refractivity contribution in [2.45, 2.75) is 47.1 Å². The molecule has 2 N–H and O–H groups in total. The molecule has 1 aromatic carbocycles. The Kier molecular flexibility index (Phi) is 8.86. The number of phenols is 1. The van der Waals surface area contributed by atoms with Crippen LogP contribution in [0.3, 0.4) is 0 Å². The van der Waals surface area contributed by atoms with E-state index in [2.05, 4.69) is 34.0 Å². The summed E-state index contributed by atoms with van der Waals surface area (Å²) >= 11 is 0. The zero-order valence-electron chi connectivity index (χ0n) is 20.5. The summed E-state index contributed by atoms with van der Waals surface area (Å²) in [6, 6.07) is 2.20. The van der Waals surface area contributed by atoms with Crippen molar-refractivity contribution in [1.29, 1.82) is 0 Å². The third kappa shape index (κ3) is 5.67. The lowest BCUT2D eigenvalue weighted by molar-refractivity contribution is 0.250. The molecule has 1 aliphatic heterocycles. The number of ether oxygens (including phenoxy) is 1. The average Bonchev–Trinajstić information content (AvgIpc) is 2.83. The van der Waals surface area contributed by atoms with Crippen LogP contribution in [-0.4, -0.2) is 65.3 Å². The monoisotopic (exact) mass is 474 g/mol. The summed E-state index contributed by atoms with van der Waals surface area (Å²) in [5.41, 5.74) is 0.641. The van der Waals surface area contributed by atoms with Gasteiger partial charge in [-0.15, -0.1) is 0 Å². The van der Waals surface area contributed by atoms with Crippen LogP contribution in [0.2, 0.25) is 0 Å². The Morgan fingerprint density at radius 1 is 1.21 bits per heavy atom. The fraction of sp³-hybridized carbons (Fsp3) is 0.542. The fourth-order valence-corrected chi connectivity index (χ4v) is 3.99. The number of benzene rings is 1. The number of nitrogens with one attached hydrogen (secondary N) is 1. The van der Waals surface area contributed by atoms with Crippen molar-refractivity contribution in [2.24, 2.45) is 0 Å². The average molecular weight is 475 g/mol. The number of amides is 2. The van der Waals surface area contributed by atoms with Gasteiger partial charge in [-0.2, -0.15) is 4.98 Å². The number of rotatable bonds is 12. The Labute approximate surface area is 200 Å². The maximum Gasteiger partial charge on any atom is 0.330 e. The fourth-order valence-electron chi connectivity index (χ4n) is 3.99. The Morgan fingerprint density at radius 2 is 1.97 bits per heavy atom. The highest BCUT2D eigenvalue weighted by molar-refractivity contribution is 6.05. The summed E-state index contributed by atoms with van der Waals surface area (Å²) in [6.07, 6.45) is 3.72. The first-order valence-corrected chi connectivity index (χ1v) is 12.0. The molecule has 34 heavy (non-hydrogen) atoms. The number of carbonyl (C=O) groups excluding carboxylic acids is 1. The third-order valence-electron chi connectivity index (χ3n) is 5.89. The van der Waals surface area contributed by atoms with Crippen molar-refractivity contribution in [3.63, 3.8) is 0 Å². The topological polar surface area (TPSA) is 94.1 Å². The number of aromatic nitrogens is 2. The zero-order valence-corrected chi connectivity index (χ0v) is 20.5. The van der Waals surface area contributed by atoms with E-state index in [0.717, 1.165) is 39.0 Å². The van der Waals surface area contributed by atoms with Gasteiger partial charge in [-0.05, 0) is 46.3 Å². The SMILES string of the molecule is CCOc1cc(O)c(F)c(N2Cc3cnc(NCCCCN(CC)CC)nc3N(CC)C2=O)c1. The van der Waals surface area contributed by atoms with Gasteiger partial charge in [0.05, 0.1) is 18.8 Å². The molecule has 1 aromatic heterocycles. The van der Waals surface area contributed by atoms with Crippen LogP contribution in [0.1, 0.15) is 46.1 Å². The predicted molar refractivity (Wildman–Crippen MR) is 131 cm³/mol. The highest BCUT2D eigenvalue weighted by Crippen LogP contribution is 2.37. The van der Waals surface area contributed by atoms with Crippen molar-refractivity contribution >= 4 is 23.5 Å². The summed E-state index contributed by atoms with van der Waals surface area (Å²) in [6.45, 7) is 12.6. The van der Waals surface area contributed by atoms with Crippen LogP contribution in [0.5, 0.6) is 11.5 Å². The van der Waals surface area contributed by atoms with Gasteiger partial charge in [0, 0.05) is 37.0 Å². The molecule has 3 rings (SSSR count). The molecular weight excluding hydrogens is 439 g/mol. The van der Waals surface area contributed by atoms with Crippen molar-refractivity contribution in [3.8, 4) is 11.5 Å². The minimum Gasteiger partial charge on any atom is -0.505 e. The first-order chi connectivity index (χ1) is 16.4. The lowest BCUT2D eigenvalue weighted by Crippen LogP contribution is -2.48. The van der Waals surface area contributed by atoms with E-state index >= 15 is 0 Å². The number of unbranched alkanes of at least 4 members (excludes halogenated alkanes) is 1. The van der Waals surface area contributed by atoms with Gasteiger partial charge < -0.3 is 20.1 Å². The van der Waals surface area contributed by atoms with Gasteiger partial charge in [0.15, 0.2) is 11.6 Å². The second-order valence-electron chi connectivity index (χ2n) is 8.02. The number of carbonyl (C=O) groups is 1. The van der Waals surface area contributed by atoms with E-state index in [4.69, 9.17) is 4.74 Å². The summed E-state index contributed by atoms with van der Waals surface area (Å²) in [4.78, 5) is 27.4. The molecule has 2 aromatic rings. The van der Waals surface area contributed by atoms with Crippen LogP contribution < -0.4 is 19.9 Å². The van der Waals surface area contributed by atoms with E-state index in [9.17, 15) is 14.3 Å². The molecule has 0 saturated carbocycles. The minimum atomic E-state index is -0.875. The second-order valence-corrected chi connectivity index (χ2v) is 8.02. The number of hydrogen-bond acceptors (Lipinski definition) is 7. The molecule has 0 unspecified atom stereocenters. The van der Waals surface area contributed by atoms with E-state index in [-0.39, 0.29) is 18.0 Å². The standard InChI is InChI=1S/C24H35FN6O3/c1-5-29(6-2)12-10-9-11-26-23-27-15-17-16-31(24(33)30(7-3)22(17)28-23)19-13-18(34-8-4)14-20(32)21(19)25/h13-15,32H,5-12,16H2,1-4H3,(H,26,27,28). The number of nitrogens with zero attached hydrogens (tertiary/aromatic N) is 5. The molecule has 0 aliphatic carbocycles. The number of aromatic hydroxyl groups is 1. The van der Waals surface area contributed by atoms with Gasteiger partial charge in [-0.3, -0.25) is 9.80 Å². The van der Waals surface area contributed by atoms with Gasteiger partial charge >= 0.3 is 6.03 Å². The van der Waals surface area contributed by atoms with Crippen LogP contribution in [0.25, 0.3) is 0 Å². The number of phenolic OH excluding ortho intramolecular Hbond substituents is 1. The Hall–Kier alpha value is -3.14. The third-order valence-corrected chi connectivity index (χ3v) is 5.89. The molecule has 0 spiro atoms. The summed E-state index contributed by atoms with van der Waals surface area (Å²) in [5, 5.41) is 13.3. The highest BCUT2D eigenvalue weighted by Gasteiger charge is 2.34. The maximum absolute atomic E-state index is 14.8. The number of anilines is 3. The smallest absolute Gasteiger partial charge is 0.330 e. The molecule has 2 heterocycles. The largest absolute Gasteiger partial charge is 0.505 e. The van der Waals surface area contributed by atoms with Crippen LogP contribution >= 0.6 is 0 Å². The van der Waals surface area contributed by atoms with Gasteiger partial charge in [0.25, 0.3) is 0 Å². The van der Waals surface area contributed by atoms with Gasteiger partial charge in [0.2, 0.25) is 5.95 Å². The van der Waals surface area contributed by atoms with Gasteiger partial charge in [0.1, 0.15) is 11.6 Å². The molecule has 186 valence electrons. The zero-order chi connectivity index (χ0) is 24.7. The Morgan fingerprint density at radius 3 is 2.65 bits per heavy atom. The summed E-state index contributed by atoms with van der Waals surface area (Å²) < 4.78 is 20.2. The van der Waals surface area contributed by atoms with E-state index in [1.165, 1.54) is 21.9 Å². The maximum atomic E-state index is 14.8. The summed E-state index contributed by atoms with van der Waals surface area (Å²) in [5.74, 6) is -0.187. The van der Waals surface area contributed by atoms with Crippen LogP contribution in [-0.2, 0) is 6.54 Å². The van der Waals surface area contributed by atoms with Crippen molar-refractivity contribution in [3.05, 3.63) is 29.7 Å². The molecule has 0 fully saturated rings. The first-order valence-electron chi connectivity index (χ1n) is 12.0. The highest BCUT2D eigenvalue weighted by atomic mass is 19.1. The first kappa shape index (κ1) is 25.5. The number of halogens is 1. The molecule has 0 radical (unpaired) electrons. The molecule has 0 saturated heterocycles. The van der Waals surface area contributed by atoms with Crippen molar-refractivity contribution < 1.29 is 19.0 Å². The van der Waals surface area contributed by atoms with Gasteiger partial charge in [-0.1, -0.05) is 13.8 Å². The minimum absolute atomic E-state index is 0.0482. The predicted octanol–water partition coefficient (Wildman–Crippen LogP) is 4.22. The van der Waals surface area contributed by atoms with E-state index < -0.39 is 17.6 Å². The lowest BCUT2D eigenvalue weighted by atomic mass is 10.1. The normalized spacial score (nSPS) is 13.4. The van der Waals surface area contributed by atoms with Crippen molar-refractivity contribution in [1.82, 2.24) is 14.9 Å². The van der Waals surface area contributed by atoms with Crippen LogP contribution in [0.15, 0.2) is 18.3 Å². The number of fused-ring (bicyclic) bond motifs is 1. The molecule has 9 nitrogen and oxygen atoms in total. The molecule has 1 aliphatic rings. The van der Waals surface area contributed by atoms with Crippen LogP contribution in [0.4, 0.5) is 26.6 Å². The molecular formula is C24H35FN6O3. The molecule has 2 amide bonds. The summed E-state index contributed by atoms with van der Waals surface area (Å²) in [7, 11) is 0. The lowest BCUT2D eigenvalue weighted by Gasteiger charge is -2.35. The quantitative estimate of drug-likeness (QED) is 0.445. The van der Waals surface area contributed by atoms with E-state index in [1.807, 2.05) is 6.92 Å². The molecule has 0 atom stereocenters. The number of urea groups is 1. The van der Waals surface area contributed by atoms with E-state index in [1.54, 1.807) is 13.1 Å². The van der Waals surface area contributed by atoms with Crippen LogP contribution in [0, 0.1) is 5.82 Å². The Balaban J connectivity index is 1.75.